The summed E-state index contributed by atoms with van der Waals surface area (Å²) in [7, 11) is 1.67. The Labute approximate surface area is 113 Å². The zero-order valence-corrected chi connectivity index (χ0v) is 12.0. The van der Waals surface area contributed by atoms with Crippen LogP contribution < -0.4 is 9.20 Å². The molecule has 0 spiro atoms. The van der Waals surface area contributed by atoms with Crippen LogP contribution in [0.1, 0.15) is 5.56 Å². The first kappa shape index (κ1) is 12.3. The van der Waals surface area contributed by atoms with Gasteiger partial charge in [-0.25, -0.2) is 0 Å². The van der Waals surface area contributed by atoms with Crippen molar-refractivity contribution < 1.29 is 4.74 Å². The third-order valence-electron chi connectivity index (χ3n) is 2.28. The van der Waals surface area contributed by atoms with E-state index in [2.05, 4.69) is 12.1 Å². The molecule has 0 aliphatic rings. The SMILES string of the molecule is COc1ccc(C(=S)[Se]c2ccccc2)cc1. The van der Waals surface area contributed by atoms with Gasteiger partial charge in [-0.15, -0.1) is 0 Å². The molecule has 0 aliphatic carbocycles. The number of hydrogen-bond acceptors (Lipinski definition) is 2. The van der Waals surface area contributed by atoms with Crippen LogP contribution in [0.15, 0.2) is 54.6 Å². The molecule has 2 aromatic carbocycles. The van der Waals surface area contributed by atoms with Crippen molar-refractivity contribution in [3.05, 3.63) is 60.2 Å². The fraction of sp³-hybridized carbons (Fsp3) is 0.0714. The Morgan fingerprint density at radius 1 is 1.00 bits per heavy atom. The normalized spacial score (nSPS) is 9.94. The summed E-state index contributed by atoms with van der Waals surface area (Å²) in [4.78, 5) is 0. The monoisotopic (exact) mass is 308 g/mol. The van der Waals surface area contributed by atoms with E-state index in [0.717, 1.165) is 15.1 Å². The van der Waals surface area contributed by atoms with Crippen molar-refractivity contribution in [2.75, 3.05) is 7.11 Å². The summed E-state index contributed by atoms with van der Waals surface area (Å²) in [5.74, 6) is 0.865. The molecular formula is C14H12OSSe. The third kappa shape index (κ3) is 3.40. The number of methoxy groups -OCH3 is 1. The minimum atomic E-state index is 0.213. The van der Waals surface area contributed by atoms with Gasteiger partial charge in [-0.3, -0.25) is 0 Å². The summed E-state index contributed by atoms with van der Waals surface area (Å²) < 4.78 is 7.46. The van der Waals surface area contributed by atoms with Crippen LogP contribution in [0.3, 0.4) is 0 Å². The van der Waals surface area contributed by atoms with Crippen LogP contribution >= 0.6 is 12.2 Å². The zero-order valence-electron chi connectivity index (χ0n) is 9.42. The van der Waals surface area contributed by atoms with E-state index in [9.17, 15) is 0 Å². The first-order valence-corrected chi connectivity index (χ1v) is 7.33. The molecule has 1 nitrogen and oxygen atoms in total. The third-order valence-corrected chi connectivity index (χ3v) is 4.90. The molecule has 0 heterocycles. The van der Waals surface area contributed by atoms with Crippen molar-refractivity contribution in [1.82, 2.24) is 0 Å². The molecule has 0 aliphatic heterocycles. The first-order valence-electron chi connectivity index (χ1n) is 5.21. The molecule has 86 valence electrons. The predicted octanol–water partition coefficient (Wildman–Crippen LogP) is 2.40. The van der Waals surface area contributed by atoms with Gasteiger partial charge in [0.05, 0.1) is 0 Å². The average Bonchev–Trinajstić information content (AvgIpc) is 2.40. The van der Waals surface area contributed by atoms with Crippen molar-refractivity contribution in [3.8, 4) is 5.75 Å². The van der Waals surface area contributed by atoms with Crippen molar-refractivity contribution >= 4 is 35.4 Å². The van der Waals surface area contributed by atoms with Crippen LogP contribution in [0.5, 0.6) is 5.75 Å². The van der Waals surface area contributed by atoms with Crippen molar-refractivity contribution in [2.24, 2.45) is 0 Å². The Bertz CT molecular complexity index is 493. The second-order valence-corrected chi connectivity index (χ2v) is 6.70. The van der Waals surface area contributed by atoms with Gasteiger partial charge >= 0.3 is 113 Å². The maximum atomic E-state index is 5.47. The molecule has 0 atom stereocenters. The molecule has 0 N–H and O–H groups in total. The van der Waals surface area contributed by atoms with Gasteiger partial charge in [0, 0.05) is 0 Å². The molecule has 0 bridgehead atoms. The Kier molecular flexibility index (Phi) is 4.32. The van der Waals surface area contributed by atoms with Crippen LogP contribution in [0.2, 0.25) is 0 Å². The van der Waals surface area contributed by atoms with Gasteiger partial charge in [0.25, 0.3) is 0 Å². The van der Waals surface area contributed by atoms with Crippen molar-refractivity contribution in [1.29, 1.82) is 0 Å². The predicted molar refractivity (Wildman–Crippen MR) is 76.5 cm³/mol. The number of hydrogen-bond donors (Lipinski definition) is 0. The number of ether oxygens (including phenoxy) is 1. The summed E-state index contributed by atoms with van der Waals surface area (Å²) in [6, 6.07) is 18.3. The van der Waals surface area contributed by atoms with E-state index in [1.807, 2.05) is 42.5 Å². The maximum absolute atomic E-state index is 5.47. The number of thiocarbonyl (C=S) groups is 1. The summed E-state index contributed by atoms with van der Waals surface area (Å²) >= 11 is 5.68. The van der Waals surface area contributed by atoms with Gasteiger partial charge < -0.3 is 0 Å². The Morgan fingerprint density at radius 2 is 1.65 bits per heavy atom. The number of rotatable bonds is 4. The molecule has 0 saturated carbocycles. The first-order chi connectivity index (χ1) is 8.29. The fourth-order valence-electron chi connectivity index (χ4n) is 1.38. The van der Waals surface area contributed by atoms with Gasteiger partial charge in [-0.05, 0) is 0 Å². The molecule has 0 saturated heterocycles. The van der Waals surface area contributed by atoms with E-state index in [-0.39, 0.29) is 15.0 Å². The van der Waals surface area contributed by atoms with Gasteiger partial charge in [0.1, 0.15) is 0 Å². The average molecular weight is 307 g/mol. The summed E-state index contributed by atoms with van der Waals surface area (Å²) in [6.45, 7) is 0. The van der Waals surface area contributed by atoms with E-state index < -0.39 is 0 Å². The minimum absolute atomic E-state index is 0.213. The summed E-state index contributed by atoms with van der Waals surface area (Å²) in [5.41, 5.74) is 1.12. The molecule has 3 heteroatoms. The summed E-state index contributed by atoms with van der Waals surface area (Å²) in [6.07, 6.45) is 0. The molecule has 0 radical (unpaired) electrons. The van der Waals surface area contributed by atoms with Crippen LogP contribution in [0.25, 0.3) is 0 Å². The number of benzene rings is 2. The second-order valence-electron chi connectivity index (χ2n) is 3.43. The van der Waals surface area contributed by atoms with Crippen molar-refractivity contribution in [2.45, 2.75) is 0 Å². The molecule has 17 heavy (non-hydrogen) atoms. The van der Waals surface area contributed by atoms with E-state index in [0.29, 0.717) is 0 Å². The van der Waals surface area contributed by atoms with Crippen LogP contribution in [-0.2, 0) is 0 Å². The molecule has 0 unspecified atom stereocenters. The van der Waals surface area contributed by atoms with Crippen molar-refractivity contribution in [3.63, 3.8) is 0 Å². The van der Waals surface area contributed by atoms with Gasteiger partial charge in [0.2, 0.25) is 0 Å². The van der Waals surface area contributed by atoms with Crippen LogP contribution in [0.4, 0.5) is 0 Å². The molecule has 2 rings (SSSR count). The molecule has 2 aromatic rings. The van der Waals surface area contributed by atoms with E-state index in [1.165, 1.54) is 4.46 Å². The fourth-order valence-corrected chi connectivity index (χ4v) is 3.61. The quantitative estimate of drug-likeness (QED) is 0.634. The Morgan fingerprint density at radius 3 is 2.24 bits per heavy atom. The van der Waals surface area contributed by atoms with Crippen LogP contribution in [0, 0.1) is 0 Å². The van der Waals surface area contributed by atoms with E-state index in [4.69, 9.17) is 17.0 Å². The Balaban J connectivity index is 2.09. The van der Waals surface area contributed by atoms with Gasteiger partial charge in [-0.1, -0.05) is 0 Å². The van der Waals surface area contributed by atoms with Gasteiger partial charge in [-0.2, -0.15) is 0 Å². The standard InChI is InChI=1S/C14H12OSSe/c1-15-12-9-7-11(8-10-12)14(16)17-13-5-3-2-4-6-13/h2-10H,1H3. The van der Waals surface area contributed by atoms with E-state index in [1.54, 1.807) is 7.11 Å². The second kappa shape index (κ2) is 5.97. The van der Waals surface area contributed by atoms with Crippen LogP contribution in [-0.4, -0.2) is 25.8 Å². The zero-order chi connectivity index (χ0) is 12.1. The molecule has 0 aromatic heterocycles. The topological polar surface area (TPSA) is 9.23 Å². The molecular weight excluding hydrogens is 295 g/mol. The van der Waals surface area contributed by atoms with Gasteiger partial charge in [0.15, 0.2) is 0 Å². The van der Waals surface area contributed by atoms with E-state index >= 15 is 0 Å². The summed E-state index contributed by atoms with van der Waals surface area (Å²) in [5, 5.41) is 0. The molecule has 0 fully saturated rings. The Hall–Kier alpha value is -1.15. The molecule has 0 amide bonds.